The molecule has 1 saturated heterocycles. The second-order valence-corrected chi connectivity index (χ2v) is 7.52. The smallest absolute Gasteiger partial charge is 0.234 e. The van der Waals surface area contributed by atoms with E-state index in [0.29, 0.717) is 19.4 Å². The van der Waals surface area contributed by atoms with Crippen LogP contribution in [0.2, 0.25) is 0 Å². The number of carbonyl (C=O) groups is 2. The maximum absolute atomic E-state index is 13.2. The molecule has 1 fully saturated rings. The summed E-state index contributed by atoms with van der Waals surface area (Å²) in [6.45, 7) is 0.503. The van der Waals surface area contributed by atoms with Crippen LogP contribution in [0.3, 0.4) is 0 Å². The number of nitrogens with zero attached hydrogens (tertiary/aromatic N) is 1. The highest BCUT2D eigenvalue weighted by Crippen LogP contribution is 2.60. The molecule has 6 rings (SSSR count). The first-order valence-electron chi connectivity index (χ1n) is 9.37. The lowest BCUT2D eigenvalue weighted by Crippen LogP contribution is -2.41. The van der Waals surface area contributed by atoms with Crippen LogP contribution in [0.1, 0.15) is 46.9 Å². The summed E-state index contributed by atoms with van der Waals surface area (Å²) in [7, 11) is 0. The fourth-order valence-corrected chi connectivity index (χ4v) is 5.34. The number of imide groups is 1. The van der Waals surface area contributed by atoms with Crippen molar-refractivity contribution in [1.29, 1.82) is 0 Å². The zero-order chi connectivity index (χ0) is 17.8. The first kappa shape index (κ1) is 15.8. The van der Waals surface area contributed by atoms with Crippen LogP contribution in [-0.4, -0.2) is 35.0 Å². The molecule has 0 radical (unpaired) electrons. The first-order chi connectivity index (χ1) is 12.7. The lowest BCUT2D eigenvalue weighted by atomic mass is 9.55. The van der Waals surface area contributed by atoms with Crippen molar-refractivity contribution in [3.8, 4) is 0 Å². The predicted molar refractivity (Wildman–Crippen MR) is 96.6 cm³/mol. The Labute approximate surface area is 152 Å². The number of aliphatic hydroxyl groups excluding tert-OH is 1. The Morgan fingerprint density at radius 2 is 1.15 bits per heavy atom. The number of benzene rings is 2. The standard InChI is InChI=1S/C22H21NO3/c24-12-6-5-11-23-21(25)19-17-13-7-1-2-8-14(13)18(20(19)22(23)26)16-10-4-3-9-15(16)17/h1-4,7-10,17-20,24H,5-6,11-12H2. The summed E-state index contributed by atoms with van der Waals surface area (Å²) in [6.07, 6.45) is 1.27. The molecular weight excluding hydrogens is 326 g/mol. The van der Waals surface area contributed by atoms with E-state index in [2.05, 4.69) is 24.3 Å². The second kappa shape index (κ2) is 5.78. The van der Waals surface area contributed by atoms with Gasteiger partial charge in [0.1, 0.15) is 0 Å². The first-order valence-corrected chi connectivity index (χ1v) is 9.37. The van der Waals surface area contributed by atoms with Crippen LogP contribution < -0.4 is 0 Å². The van der Waals surface area contributed by atoms with Gasteiger partial charge in [0.15, 0.2) is 0 Å². The summed E-state index contributed by atoms with van der Waals surface area (Å²) in [5.41, 5.74) is 4.82. The molecule has 2 atom stereocenters. The lowest BCUT2D eigenvalue weighted by Gasteiger charge is -2.45. The van der Waals surface area contributed by atoms with Crippen molar-refractivity contribution in [2.75, 3.05) is 13.2 Å². The average Bonchev–Trinajstić information content (AvgIpc) is 2.93. The molecule has 1 aliphatic heterocycles. The summed E-state index contributed by atoms with van der Waals surface area (Å²) in [5, 5.41) is 9.02. The van der Waals surface area contributed by atoms with Crippen LogP contribution in [0.4, 0.5) is 0 Å². The largest absolute Gasteiger partial charge is 0.396 e. The number of hydrogen-bond donors (Lipinski definition) is 1. The van der Waals surface area contributed by atoms with Crippen LogP contribution in [-0.2, 0) is 9.59 Å². The van der Waals surface area contributed by atoms with Crippen molar-refractivity contribution in [1.82, 2.24) is 4.90 Å². The molecule has 0 saturated carbocycles. The van der Waals surface area contributed by atoms with E-state index >= 15 is 0 Å². The Morgan fingerprint density at radius 1 is 0.731 bits per heavy atom. The Kier molecular flexibility index (Phi) is 3.50. The van der Waals surface area contributed by atoms with Gasteiger partial charge in [-0.15, -0.1) is 0 Å². The number of amides is 2. The zero-order valence-electron chi connectivity index (χ0n) is 14.5. The Balaban J connectivity index is 1.64. The normalized spacial score (nSPS) is 28.1. The maximum atomic E-state index is 13.2. The third-order valence-corrected chi connectivity index (χ3v) is 6.33. The minimum absolute atomic E-state index is 0.0306. The van der Waals surface area contributed by atoms with Gasteiger partial charge in [-0.3, -0.25) is 14.5 Å². The topological polar surface area (TPSA) is 57.6 Å². The molecule has 2 unspecified atom stereocenters. The number of rotatable bonds is 4. The lowest BCUT2D eigenvalue weighted by molar-refractivity contribution is -0.140. The summed E-state index contributed by atoms with van der Waals surface area (Å²) in [4.78, 5) is 27.9. The number of aliphatic hydroxyl groups is 1. The summed E-state index contributed by atoms with van der Waals surface area (Å²) >= 11 is 0. The van der Waals surface area contributed by atoms with Crippen molar-refractivity contribution >= 4 is 11.8 Å². The zero-order valence-corrected chi connectivity index (χ0v) is 14.5. The van der Waals surface area contributed by atoms with E-state index in [1.165, 1.54) is 27.2 Å². The highest BCUT2D eigenvalue weighted by Gasteiger charge is 2.61. The van der Waals surface area contributed by atoms with Gasteiger partial charge in [0.05, 0.1) is 11.8 Å². The highest BCUT2D eigenvalue weighted by atomic mass is 16.3. The van der Waals surface area contributed by atoms with Gasteiger partial charge in [-0.05, 0) is 35.1 Å². The van der Waals surface area contributed by atoms with Crippen molar-refractivity contribution in [3.63, 3.8) is 0 Å². The van der Waals surface area contributed by atoms with Crippen LogP contribution in [0.5, 0.6) is 0 Å². The molecule has 26 heavy (non-hydrogen) atoms. The number of hydrogen-bond acceptors (Lipinski definition) is 3. The molecular formula is C22H21NO3. The minimum Gasteiger partial charge on any atom is -0.396 e. The summed E-state index contributed by atoms with van der Waals surface area (Å²) in [6, 6.07) is 16.6. The van der Waals surface area contributed by atoms with Gasteiger partial charge in [0.2, 0.25) is 11.8 Å². The molecule has 2 aromatic carbocycles. The Hall–Kier alpha value is -2.46. The van der Waals surface area contributed by atoms with Crippen molar-refractivity contribution in [3.05, 3.63) is 70.8 Å². The van der Waals surface area contributed by atoms with E-state index < -0.39 is 0 Å². The molecule has 2 amide bonds. The van der Waals surface area contributed by atoms with Gasteiger partial charge in [0, 0.05) is 25.0 Å². The molecule has 4 heteroatoms. The van der Waals surface area contributed by atoms with Gasteiger partial charge in [0.25, 0.3) is 0 Å². The quantitative estimate of drug-likeness (QED) is 0.683. The Morgan fingerprint density at radius 3 is 1.54 bits per heavy atom. The third-order valence-electron chi connectivity index (χ3n) is 6.33. The van der Waals surface area contributed by atoms with Gasteiger partial charge in [-0.2, -0.15) is 0 Å². The molecule has 2 bridgehead atoms. The van der Waals surface area contributed by atoms with Gasteiger partial charge >= 0.3 is 0 Å². The van der Waals surface area contributed by atoms with Crippen LogP contribution >= 0.6 is 0 Å². The monoisotopic (exact) mass is 347 g/mol. The van der Waals surface area contributed by atoms with E-state index in [1.807, 2.05) is 24.3 Å². The van der Waals surface area contributed by atoms with Crippen molar-refractivity contribution in [2.24, 2.45) is 11.8 Å². The van der Waals surface area contributed by atoms with Gasteiger partial charge < -0.3 is 5.11 Å². The Bertz CT molecular complexity index is 790. The molecule has 2 aromatic rings. The van der Waals surface area contributed by atoms with E-state index in [4.69, 9.17) is 5.11 Å². The van der Waals surface area contributed by atoms with Crippen LogP contribution in [0.25, 0.3) is 0 Å². The molecule has 1 heterocycles. The van der Waals surface area contributed by atoms with Crippen LogP contribution in [0.15, 0.2) is 48.5 Å². The van der Waals surface area contributed by atoms with Gasteiger partial charge in [-0.25, -0.2) is 0 Å². The molecule has 4 aliphatic rings. The molecule has 0 aromatic heterocycles. The van der Waals surface area contributed by atoms with E-state index in [0.717, 1.165) is 0 Å². The fourth-order valence-electron chi connectivity index (χ4n) is 5.34. The predicted octanol–water partition coefficient (Wildman–Crippen LogP) is 2.65. The fraction of sp³-hybridized carbons (Fsp3) is 0.364. The number of carbonyl (C=O) groups excluding carboxylic acids is 2. The average molecular weight is 347 g/mol. The maximum Gasteiger partial charge on any atom is 0.234 e. The van der Waals surface area contributed by atoms with E-state index in [9.17, 15) is 9.59 Å². The molecule has 1 N–H and O–H groups in total. The third kappa shape index (κ3) is 1.93. The molecule has 3 aliphatic carbocycles. The van der Waals surface area contributed by atoms with E-state index in [1.54, 1.807) is 0 Å². The van der Waals surface area contributed by atoms with E-state index in [-0.39, 0.29) is 42.1 Å². The highest BCUT2D eigenvalue weighted by molar-refractivity contribution is 6.07. The van der Waals surface area contributed by atoms with Crippen molar-refractivity contribution in [2.45, 2.75) is 24.7 Å². The molecule has 0 spiro atoms. The van der Waals surface area contributed by atoms with Gasteiger partial charge in [-0.1, -0.05) is 48.5 Å². The summed E-state index contributed by atoms with van der Waals surface area (Å²) in [5.74, 6) is -0.694. The number of likely N-dealkylation sites (tertiary alicyclic amines) is 1. The molecule has 132 valence electrons. The SMILES string of the molecule is O=C1C2C3c4ccccc4C(c4ccccc43)C2C(=O)N1CCCCO. The molecule has 4 nitrogen and oxygen atoms in total. The van der Waals surface area contributed by atoms with Crippen LogP contribution in [0, 0.1) is 11.8 Å². The summed E-state index contributed by atoms with van der Waals surface area (Å²) < 4.78 is 0. The van der Waals surface area contributed by atoms with Crippen molar-refractivity contribution < 1.29 is 14.7 Å². The second-order valence-electron chi connectivity index (χ2n) is 7.52. The number of unbranched alkanes of at least 4 members (excludes halogenated alkanes) is 1. The minimum atomic E-state index is -0.286.